The summed E-state index contributed by atoms with van der Waals surface area (Å²) < 4.78 is 1.48. The molecule has 0 radical (unpaired) electrons. The summed E-state index contributed by atoms with van der Waals surface area (Å²) in [5.74, 6) is 0.867. The second kappa shape index (κ2) is 5.51. The number of rotatable bonds is 2. The van der Waals surface area contributed by atoms with Crippen molar-refractivity contribution in [2.24, 2.45) is 0 Å². The molecule has 2 heterocycles. The summed E-state index contributed by atoms with van der Waals surface area (Å²) in [6, 6.07) is 3.96. The number of aromatic nitrogens is 3. The molecule has 0 saturated heterocycles. The minimum absolute atomic E-state index is 0.0149. The van der Waals surface area contributed by atoms with Gasteiger partial charge < -0.3 is 4.98 Å². The Bertz CT molecular complexity index is 629. The highest BCUT2D eigenvalue weighted by atomic mass is 79.9. The zero-order valence-electron chi connectivity index (χ0n) is 11.2. The summed E-state index contributed by atoms with van der Waals surface area (Å²) in [6.07, 6.45) is 4.31. The zero-order chi connectivity index (χ0) is 14.0. The first-order chi connectivity index (χ1) is 8.88. The highest BCUT2D eigenvalue weighted by Gasteiger charge is 2.20. The lowest BCUT2D eigenvalue weighted by Gasteiger charge is -2.21. The number of aromatic amines is 1. The molecule has 2 aromatic rings. The summed E-state index contributed by atoms with van der Waals surface area (Å²) in [7, 11) is 0. The average Bonchev–Trinajstić information content (AvgIpc) is 2.33. The average molecular weight is 338 g/mol. The molecule has 0 spiro atoms. The quantitative estimate of drug-likeness (QED) is 0.835. The van der Waals surface area contributed by atoms with Crippen molar-refractivity contribution in [3.63, 3.8) is 0 Å². The summed E-state index contributed by atoms with van der Waals surface area (Å²) in [5, 5.41) is 0. The number of nitrogens with one attached hydrogen (secondary N) is 1. The monoisotopic (exact) mass is 337 g/mol. The maximum atomic E-state index is 5.32. The summed E-state index contributed by atoms with van der Waals surface area (Å²) in [4.78, 5) is 11.9. The molecule has 3 nitrogen and oxygen atoms in total. The minimum atomic E-state index is -0.0149. The summed E-state index contributed by atoms with van der Waals surface area (Å²) in [6.45, 7) is 6.44. The van der Waals surface area contributed by atoms with E-state index >= 15 is 0 Å². The highest BCUT2D eigenvalue weighted by Crippen LogP contribution is 2.28. The van der Waals surface area contributed by atoms with E-state index in [9.17, 15) is 0 Å². The van der Waals surface area contributed by atoms with E-state index in [0.717, 1.165) is 21.6 Å². The Morgan fingerprint density at radius 3 is 2.68 bits per heavy atom. The third-order valence-electron chi connectivity index (χ3n) is 2.76. The van der Waals surface area contributed by atoms with Gasteiger partial charge in [-0.2, -0.15) is 0 Å². The number of pyridine rings is 1. The first kappa shape index (κ1) is 14.3. The van der Waals surface area contributed by atoms with Gasteiger partial charge in [-0.05, 0) is 27.6 Å². The SMILES string of the molecule is CC(C)(C)c1[nH]c(Cc2cccnc2)nc(=S)c1Br. The van der Waals surface area contributed by atoms with Crippen molar-refractivity contribution < 1.29 is 0 Å². The van der Waals surface area contributed by atoms with E-state index in [-0.39, 0.29) is 5.41 Å². The molecule has 0 atom stereocenters. The van der Waals surface area contributed by atoms with Gasteiger partial charge in [-0.3, -0.25) is 4.98 Å². The van der Waals surface area contributed by atoms with E-state index in [1.807, 2.05) is 18.3 Å². The van der Waals surface area contributed by atoms with Gasteiger partial charge in [0.15, 0.2) is 0 Å². The number of H-pyrrole nitrogens is 1. The van der Waals surface area contributed by atoms with Crippen LogP contribution in [0.1, 0.15) is 37.9 Å². The van der Waals surface area contributed by atoms with Crippen molar-refractivity contribution in [2.45, 2.75) is 32.6 Å². The van der Waals surface area contributed by atoms with E-state index in [0.29, 0.717) is 11.1 Å². The number of hydrogen-bond donors (Lipinski definition) is 1. The lowest BCUT2D eigenvalue weighted by molar-refractivity contribution is 0.558. The van der Waals surface area contributed by atoms with Crippen LogP contribution in [0.2, 0.25) is 0 Å². The maximum absolute atomic E-state index is 5.32. The largest absolute Gasteiger partial charge is 0.345 e. The summed E-state index contributed by atoms with van der Waals surface area (Å²) in [5.41, 5.74) is 2.17. The molecule has 19 heavy (non-hydrogen) atoms. The van der Waals surface area contributed by atoms with Gasteiger partial charge in [-0.1, -0.05) is 39.1 Å². The van der Waals surface area contributed by atoms with Crippen molar-refractivity contribution in [3.8, 4) is 0 Å². The lowest BCUT2D eigenvalue weighted by Crippen LogP contribution is -2.17. The van der Waals surface area contributed by atoms with Crippen LogP contribution < -0.4 is 0 Å². The van der Waals surface area contributed by atoms with Gasteiger partial charge >= 0.3 is 0 Å². The number of nitrogens with zero attached hydrogens (tertiary/aromatic N) is 2. The molecule has 0 aliphatic carbocycles. The molecule has 5 heteroatoms. The van der Waals surface area contributed by atoms with Crippen LogP contribution in [0.4, 0.5) is 0 Å². The molecule has 0 aliphatic heterocycles. The van der Waals surface area contributed by atoms with Gasteiger partial charge in [-0.25, -0.2) is 4.98 Å². The first-order valence-corrected chi connectivity index (χ1v) is 7.26. The van der Waals surface area contributed by atoms with Crippen molar-refractivity contribution in [1.29, 1.82) is 0 Å². The van der Waals surface area contributed by atoms with Crippen LogP contribution >= 0.6 is 28.1 Å². The number of hydrogen-bond acceptors (Lipinski definition) is 3. The Kier molecular flexibility index (Phi) is 4.16. The fourth-order valence-corrected chi connectivity index (χ4v) is 2.80. The molecule has 100 valence electrons. The Balaban J connectivity index is 2.43. The van der Waals surface area contributed by atoms with Gasteiger partial charge in [0.2, 0.25) is 0 Å². The standard InChI is InChI=1S/C14H16BrN3S/c1-14(2,3)12-11(15)13(19)18-10(17-12)7-9-5-4-6-16-8-9/h4-6,8H,7H2,1-3H3,(H,17,18,19). The maximum Gasteiger partial charge on any atom is 0.144 e. The van der Waals surface area contributed by atoms with Crippen LogP contribution in [0.15, 0.2) is 29.0 Å². The third kappa shape index (κ3) is 3.48. The first-order valence-electron chi connectivity index (χ1n) is 6.06. The molecule has 2 aromatic heterocycles. The predicted octanol–water partition coefficient (Wildman–Crippen LogP) is 4.18. The molecule has 0 saturated carbocycles. The second-order valence-corrected chi connectivity index (χ2v) is 6.65. The zero-order valence-corrected chi connectivity index (χ0v) is 13.6. The van der Waals surface area contributed by atoms with Crippen LogP contribution in [-0.2, 0) is 11.8 Å². The van der Waals surface area contributed by atoms with E-state index in [1.165, 1.54) is 0 Å². The van der Waals surface area contributed by atoms with Gasteiger partial charge in [0, 0.05) is 29.9 Å². The fourth-order valence-electron chi connectivity index (χ4n) is 1.80. The Morgan fingerprint density at radius 2 is 2.11 bits per heavy atom. The molecule has 0 fully saturated rings. The third-order valence-corrected chi connectivity index (χ3v) is 4.09. The molecule has 0 aliphatic rings. The van der Waals surface area contributed by atoms with Crippen LogP contribution in [0, 0.1) is 4.64 Å². The van der Waals surface area contributed by atoms with Crippen molar-refractivity contribution in [1.82, 2.24) is 15.0 Å². The molecule has 1 N–H and O–H groups in total. The lowest BCUT2D eigenvalue weighted by atomic mass is 9.92. The van der Waals surface area contributed by atoms with Crippen LogP contribution in [0.25, 0.3) is 0 Å². The molecule has 0 unspecified atom stereocenters. The Hall–Kier alpha value is -1.07. The molecular formula is C14H16BrN3S. The van der Waals surface area contributed by atoms with Crippen LogP contribution in [-0.4, -0.2) is 15.0 Å². The van der Waals surface area contributed by atoms with E-state index in [1.54, 1.807) is 6.20 Å². The Labute approximate surface area is 126 Å². The van der Waals surface area contributed by atoms with E-state index in [2.05, 4.69) is 51.7 Å². The van der Waals surface area contributed by atoms with Gasteiger partial charge in [0.05, 0.1) is 4.47 Å². The summed E-state index contributed by atoms with van der Waals surface area (Å²) >= 11 is 8.85. The molecule has 0 bridgehead atoms. The predicted molar refractivity (Wildman–Crippen MR) is 82.9 cm³/mol. The van der Waals surface area contributed by atoms with E-state index < -0.39 is 0 Å². The van der Waals surface area contributed by atoms with E-state index in [4.69, 9.17) is 12.2 Å². The molecular weight excluding hydrogens is 322 g/mol. The Morgan fingerprint density at radius 1 is 1.37 bits per heavy atom. The van der Waals surface area contributed by atoms with Gasteiger partial charge in [0.1, 0.15) is 10.5 Å². The number of halogens is 1. The second-order valence-electron chi connectivity index (χ2n) is 5.47. The van der Waals surface area contributed by atoms with Crippen molar-refractivity contribution >= 4 is 28.1 Å². The van der Waals surface area contributed by atoms with Crippen molar-refractivity contribution in [2.75, 3.05) is 0 Å². The normalized spacial score (nSPS) is 11.6. The van der Waals surface area contributed by atoms with Crippen molar-refractivity contribution in [3.05, 3.63) is 50.7 Å². The molecule has 0 aromatic carbocycles. The van der Waals surface area contributed by atoms with Gasteiger partial charge in [-0.15, -0.1) is 0 Å². The minimum Gasteiger partial charge on any atom is -0.345 e. The van der Waals surface area contributed by atoms with Gasteiger partial charge in [0.25, 0.3) is 0 Å². The van der Waals surface area contributed by atoms with Crippen LogP contribution in [0.3, 0.4) is 0 Å². The fraction of sp³-hybridized carbons (Fsp3) is 0.357. The smallest absolute Gasteiger partial charge is 0.144 e. The highest BCUT2D eigenvalue weighted by molar-refractivity contribution is 9.10. The molecule has 2 rings (SSSR count). The van der Waals surface area contributed by atoms with Crippen LogP contribution in [0.5, 0.6) is 0 Å². The molecule has 0 amide bonds. The topological polar surface area (TPSA) is 41.6 Å².